The number of anilines is 1. The van der Waals surface area contributed by atoms with Gasteiger partial charge in [0.05, 0.1) is 16.5 Å². The minimum absolute atomic E-state index is 0.165. The molecule has 3 aromatic rings. The van der Waals surface area contributed by atoms with Crippen molar-refractivity contribution in [3.05, 3.63) is 104 Å². The number of ketones is 1. The van der Waals surface area contributed by atoms with E-state index in [2.05, 4.69) is 20.9 Å². The summed E-state index contributed by atoms with van der Waals surface area (Å²) in [6.45, 7) is 0. The molecule has 1 N–H and O–H groups in total. The molecule has 154 valence electrons. The second kappa shape index (κ2) is 8.11. The minimum atomic E-state index is -1.09. The van der Waals surface area contributed by atoms with Gasteiger partial charge in [-0.05, 0) is 33.6 Å². The average molecular weight is 480 g/mol. The first-order chi connectivity index (χ1) is 14.9. The van der Waals surface area contributed by atoms with Crippen molar-refractivity contribution in [2.24, 2.45) is 0 Å². The molecule has 0 spiro atoms. The highest BCUT2D eigenvalue weighted by molar-refractivity contribution is 9.10. The molecular weight excluding hydrogens is 466 g/mol. The van der Waals surface area contributed by atoms with Gasteiger partial charge in [-0.2, -0.15) is 0 Å². The van der Waals surface area contributed by atoms with Gasteiger partial charge in [0.15, 0.2) is 0 Å². The standard InChI is InChI=1S/C22H14BrN3O5/c23-15-9-10-17(24-12-15)25-19(14-7-4-8-16(11-14)26(30)31)18(21(28)22(25)29)20(27)13-5-2-1-3-6-13/h1-12,19,27H/b20-18+/t19-/m0/s1. The number of nitro groups is 1. The highest BCUT2D eigenvalue weighted by Crippen LogP contribution is 2.42. The first-order valence-corrected chi connectivity index (χ1v) is 9.90. The van der Waals surface area contributed by atoms with Crippen molar-refractivity contribution in [2.75, 3.05) is 4.90 Å². The Morgan fingerprint density at radius 2 is 1.81 bits per heavy atom. The molecule has 0 unspecified atom stereocenters. The van der Waals surface area contributed by atoms with Gasteiger partial charge in [0, 0.05) is 28.4 Å². The molecule has 0 bridgehead atoms. The fourth-order valence-electron chi connectivity index (χ4n) is 3.45. The van der Waals surface area contributed by atoms with Crippen LogP contribution >= 0.6 is 15.9 Å². The zero-order valence-corrected chi connectivity index (χ0v) is 17.4. The molecule has 1 aromatic heterocycles. The number of hydrogen-bond donors (Lipinski definition) is 1. The number of carbonyl (C=O) groups excluding carboxylic acids is 2. The third kappa shape index (κ3) is 3.71. The van der Waals surface area contributed by atoms with E-state index in [0.717, 1.165) is 4.90 Å². The van der Waals surface area contributed by atoms with E-state index in [1.165, 1.54) is 24.4 Å². The van der Waals surface area contributed by atoms with Gasteiger partial charge in [-0.15, -0.1) is 0 Å². The maximum absolute atomic E-state index is 13.0. The first-order valence-electron chi connectivity index (χ1n) is 9.11. The van der Waals surface area contributed by atoms with E-state index in [1.807, 2.05) is 0 Å². The van der Waals surface area contributed by atoms with Gasteiger partial charge in [0.25, 0.3) is 11.5 Å². The molecule has 1 saturated heterocycles. The number of aliphatic hydroxyl groups is 1. The Balaban J connectivity index is 1.97. The Hall–Kier alpha value is -3.85. The van der Waals surface area contributed by atoms with Crippen molar-refractivity contribution in [3.63, 3.8) is 0 Å². The maximum Gasteiger partial charge on any atom is 0.301 e. The number of aromatic nitrogens is 1. The Kier molecular flexibility index (Phi) is 5.35. The zero-order valence-electron chi connectivity index (χ0n) is 15.8. The highest BCUT2D eigenvalue weighted by atomic mass is 79.9. The number of nitrogens with zero attached hydrogens (tertiary/aromatic N) is 3. The summed E-state index contributed by atoms with van der Waals surface area (Å²) in [5.41, 5.74) is 0.281. The van der Waals surface area contributed by atoms with E-state index < -0.39 is 22.7 Å². The Labute approximate surface area is 184 Å². The normalized spacial score (nSPS) is 17.7. The summed E-state index contributed by atoms with van der Waals surface area (Å²) in [5.74, 6) is -1.98. The van der Waals surface area contributed by atoms with Crippen LogP contribution in [-0.2, 0) is 9.59 Å². The molecule has 1 aliphatic heterocycles. The number of halogens is 1. The molecule has 0 aliphatic carbocycles. The number of pyridine rings is 1. The predicted octanol–water partition coefficient (Wildman–Crippen LogP) is 4.38. The smallest absolute Gasteiger partial charge is 0.301 e. The van der Waals surface area contributed by atoms with Crippen LogP contribution in [0.2, 0.25) is 0 Å². The summed E-state index contributed by atoms with van der Waals surface area (Å²) in [4.78, 5) is 42.1. The van der Waals surface area contributed by atoms with Crippen LogP contribution in [0.3, 0.4) is 0 Å². The molecule has 9 heteroatoms. The maximum atomic E-state index is 13.0. The van der Waals surface area contributed by atoms with E-state index >= 15 is 0 Å². The van der Waals surface area contributed by atoms with Crippen molar-refractivity contribution < 1.29 is 19.6 Å². The molecule has 2 heterocycles. The fourth-order valence-corrected chi connectivity index (χ4v) is 3.69. The van der Waals surface area contributed by atoms with Crippen LogP contribution in [0.5, 0.6) is 0 Å². The van der Waals surface area contributed by atoms with E-state index in [-0.39, 0.29) is 22.8 Å². The number of hydrogen-bond acceptors (Lipinski definition) is 6. The number of Topliss-reactive ketones (excluding diaryl/α,β-unsaturated/α-hetero) is 1. The van der Waals surface area contributed by atoms with Crippen molar-refractivity contribution in [2.45, 2.75) is 6.04 Å². The second-order valence-electron chi connectivity index (χ2n) is 6.72. The molecular formula is C22H14BrN3O5. The van der Waals surface area contributed by atoms with Crippen molar-refractivity contribution in [1.29, 1.82) is 0 Å². The summed E-state index contributed by atoms with van der Waals surface area (Å²) in [5, 5.41) is 22.2. The van der Waals surface area contributed by atoms with Crippen LogP contribution in [0.15, 0.2) is 83.0 Å². The van der Waals surface area contributed by atoms with Crippen molar-refractivity contribution in [3.8, 4) is 0 Å². The molecule has 1 amide bonds. The third-order valence-electron chi connectivity index (χ3n) is 4.85. The van der Waals surface area contributed by atoms with Crippen LogP contribution in [-0.4, -0.2) is 26.7 Å². The highest BCUT2D eigenvalue weighted by Gasteiger charge is 2.47. The lowest BCUT2D eigenvalue weighted by Crippen LogP contribution is -2.30. The van der Waals surface area contributed by atoms with Crippen LogP contribution < -0.4 is 4.90 Å². The quantitative estimate of drug-likeness (QED) is 0.195. The topological polar surface area (TPSA) is 114 Å². The van der Waals surface area contributed by atoms with Gasteiger partial charge < -0.3 is 5.11 Å². The lowest BCUT2D eigenvalue weighted by atomic mass is 9.95. The monoisotopic (exact) mass is 479 g/mol. The number of non-ortho nitro benzene ring substituents is 1. The first kappa shape index (κ1) is 20.4. The van der Waals surface area contributed by atoms with Crippen LogP contribution in [0.25, 0.3) is 5.76 Å². The van der Waals surface area contributed by atoms with E-state index in [1.54, 1.807) is 48.5 Å². The summed E-state index contributed by atoms with van der Waals surface area (Å²) in [6, 6.07) is 16.0. The molecule has 1 aliphatic rings. The average Bonchev–Trinajstić information content (AvgIpc) is 3.05. The number of aliphatic hydroxyl groups excluding tert-OH is 1. The number of rotatable bonds is 4. The van der Waals surface area contributed by atoms with Crippen molar-refractivity contribution in [1.82, 2.24) is 4.98 Å². The van der Waals surface area contributed by atoms with E-state index in [4.69, 9.17) is 0 Å². The van der Waals surface area contributed by atoms with Gasteiger partial charge in [-0.1, -0.05) is 42.5 Å². The largest absolute Gasteiger partial charge is 0.507 e. The molecule has 8 nitrogen and oxygen atoms in total. The van der Waals surface area contributed by atoms with Gasteiger partial charge in [-0.3, -0.25) is 24.6 Å². The Bertz CT molecular complexity index is 1230. The molecule has 31 heavy (non-hydrogen) atoms. The third-order valence-corrected chi connectivity index (χ3v) is 5.32. The molecule has 0 radical (unpaired) electrons. The van der Waals surface area contributed by atoms with Crippen molar-refractivity contribution >= 4 is 44.9 Å². The number of carbonyl (C=O) groups is 2. The zero-order chi connectivity index (χ0) is 22.1. The van der Waals surface area contributed by atoms with Gasteiger partial charge >= 0.3 is 5.91 Å². The number of benzene rings is 2. The van der Waals surface area contributed by atoms with E-state index in [9.17, 15) is 24.8 Å². The molecule has 1 atom stereocenters. The SMILES string of the molecule is O=C1C(=O)N(c2ccc(Br)cn2)[C@@H](c2cccc([N+](=O)[O-])c2)/C1=C(\O)c1ccccc1. The lowest BCUT2D eigenvalue weighted by Gasteiger charge is -2.24. The number of amides is 1. The summed E-state index contributed by atoms with van der Waals surface area (Å²) >= 11 is 3.28. The van der Waals surface area contributed by atoms with Gasteiger partial charge in [0.2, 0.25) is 0 Å². The van der Waals surface area contributed by atoms with E-state index in [0.29, 0.717) is 15.6 Å². The Morgan fingerprint density at radius 1 is 1.06 bits per heavy atom. The molecule has 0 saturated carbocycles. The predicted molar refractivity (Wildman–Crippen MR) is 116 cm³/mol. The molecule has 1 fully saturated rings. The fraction of sp³-hybridized carbons (Fsp3) is 0.0455. The summed E-state index contributed by atoms with van der Waals surface area (Å²) in [7, 11) is 0. The van der Waals surface area contributed by atoms with Crippen LogP contribution in [0.4, 0.5) is 11.5 Å². The van der Waals surface area contributed by atoms with Crippen LogP contribution in [0.1, 0.15) is 17.2 Å². The number of nitro benzene ring substituents is 1. The summed E-state index contributed by atoms with van der Waals surface area (Å²) < 4.78 is 0.670. The molecule has 4 rings (SSSR count). The van der Waals surface area contributed by atoms with Gasteiger partial charge in [0.1, 0.15) is 11.6 Å². The van der Waals surface area contributed by atoms with Crippen LogP contribution in [0, 0.1) is 10.1 Å². The molecule has 2 aromatic carbocycles. The Morgan fingerprint density at radius 3 is 2.45 bits per heavy atom. The minimum Gasteiger partial charge on any atom is -0.507 e. The summed E-state index contributed by atoms with van der Waals surface area (Å²) in [6.07, 6.45) is 1.47. The second-order valence-corrected chi connectivity index (χ2v) is 7.64. The lowest BCUT2D eigenvalue weighted by molar-refractivity contribution is -0.384. The van der Waals surface area contributed by atoms with Gasteiger partial charge in [-0.25, -0.2) is 4.98 Å².